The molecule has 1 heterocycles. The van der Waals surface area contributed by atoms with Gasteiger partial charge in [-0.25, -0.2) is 9.59 Å². The van der Waals surface area contributed by atoms with Gasteiger partial charge in [-0.2, -0.15) is 0 Å². The van der Waals surface area contributed by atoms with E-state index in [4.69, 9.17) is 4.74 Å². The summed E-state index contributed by atoms with van der Waals surface area (Å²) in [5.74, 6) is -0.985. The molecule has 2 fully saturated rings. The Morgan fingerprint density at radius 3 is 2.29 bits per heavy atom. The van der Waals surface area contributed by atoms with Crippen molar-refractivity contribution in [1.82, 2.24) is 10.2 Å². The van der Waals surface area contributed by atoms with Crippen LogP contribution in [-0.4, -0.2) is 58.3 Å². The van der Waals surface area contributed by atoms with Crippen LogP contribution in [0.5, 0.6) is 0 Å². The van der Waals surface area contributed by atoms with Crippen LogP contribution in [0.25, 0.3) is 11.1 Å². The Kier molecular flexibility index (Phi) is 6.25. The number of carboxylic acids is 1. The summed E-state index contributed by atoms with van der Waals surface area (Å²) >= 11 is 1.55. The molecule has 8 heteroatoms. The number of fused-ring (bicyclic) bond motifs is 3. The van der Waals surface area contributed by atoms with Crippen LogP contribution in [0.1, 0.15) is 36.8 Å². The molecule has 0 bridgehead atoms. The molecule has 2 amide bonds. The number of thioether (sulfide) groups is 1. The highest BCUT2D eigenvalue weighted by Crippen LogP contribution is 2.46. The van der Waals surface area contributed by atoms with Gasteiger partial charge in [-0.3, -0.25) is 4.79 Å². The van der Waals surface area contributed by atoms with Crippen LogP contribution in [0.3, 0.4) is 0 Å². The van der Waals surface area contributed by atoms with Crippen molar-refractivity contribution in [3.8, 4) is 11.1 Å². The molecule has 0 aromatic heterocycles. The van der Waals surface area contributed by atoms with Gasteiger partial charge in [-0.15, -0.1) is 11.8 Å². The maximum atomic E-state index is 13.1. The third kappa shape index (κ3) is 4.27. The Morgan fingerprint density at radius 1 is 1.09 bits per heavy atom. The number of alkyl carbamates (subject to hydrolysis) is 1. The van der Waals surface area contributed by atoms with Crippen molar-refractivity contribution in [2.45, 2.75) is 37.1 Å². The summed E-state index contributed by atoms with van der Waals surface area (Å²) in [4.78, 5) is 38.8. The Morgan fingerprint density at radius 2 is 1.71 bits per heavy atom. The summed E-state index contributed by atoms with van der Waals surface area (Å²) in [7, 11) is 0. The van der Waals surface area contributed by atoms with Crippen molar-refractivity contribution in [3.05, 3.63) is 59.7 Å². The quantitative estimate of drug-likeness (QED) is 0.624. The molecule has 3 unspecified atom stereocenters. The average Bonchev–Trinajstić information content (AvgIpc) is 3.51. The molecule has 1 aliphatic heterocycles. The molecule has 0 spiro atoms. The van der Waals surface area contributed by atoms with E-state index in [9.17, 15) is 19.5 Å². The van der Waals surface area contributed by atoms with Gasteiger partial charge in [0.1, 0.15) is 12.6 Å². The molecular weight excluding hydrogens is 452 g/mol. The average molecular weight is 481 g/mol. The number of nitrogens with zero attached hydrogens (tertiary/aromatic N) is 1. The van der Waals surface area contributed by atoms with Crippen LogP contribution >= 0.6 is 11.8 Å². The third-order valence-corrected chi connectivity index (χ3v) is 8.38. The van der Waals surface area contributed by atoms with E-state index < -0.39 is 24.0 Å². The standard InChI is InChI=1S/C26H28N2O5S/c1-15(23(29)28-22(25(30)31)14-34-24(28)16-10-11-16)12-27-26(32)33-13-21-19-8-4-2-6-17(19)18-7-3-5-9-20(18)21/h2-9,15-16,21-22,24H,10-14H2,1H3,(H,27,32)(H,30,31). The van der Waals surface area contributed by atoms with Gasteiger partial charge in [-0.05, 0) is 41.0 Å². The number of carbonyl (C=O) groups excluding carboxylic acids is 2. The zero-order valence-electron chi connectivity index (χ0n) is 19.0. The summed E-state index contributed by atoms with van der Waals surface area (Å²) in [5.41, 5.74) is 4.59. The van der Waals surface area contributed by atoms with Gasteiger partial charge in [0.25, 0.3) is 0 Å². The molecule has 3 aliphatic rings. The fourth-order valence-corrected chi connectivity index (χ4v) is 6.61. The minimum atomic E-state index is -0.972. The number of hydrogen-bond donors (Lipinski definition) is 2. The number of rotatable bonds is 7. The molecular formula is C26H28N2O5S. The molecule has 7 nitrogen and oxygen atoms in total. The van der Waals surface area contributed by atoms with Crippen LogP contribution in [0.15, 0.2) is 48.5 Å². The molecule has 34 heavy (non-hydrogen) atoms. The van der Waals surface area contributed by atoms with Crippen LogP contribution in [0.2, 0.25) is 0 Å². The van der Waals surface area contributed by atoms with E-state index in [1.807, 2.05) is 24.3 Å². The smallest absolute Gasteiger partial charge is 0.407 e. The minimum Gasteiger partial charge on any atom is -0.480 e. The Balaban J connectivity index is 1.17. The van der Waals surface area contributed by atoms with Gasteiger partial charge in [0, 0.05) is 18.2 Å². The molecule has 2 aliphatic carbocycles. The lowest BCUT2D eigenvalue weighted by Gasteiger charge is -2.30. The summed E-state index contributed by atoms with van der Waals surface area (Å²) in [6.07, 6.45) is 1.48. The number of benzene rings is 2. The van der Waals surface area contributed by atoms with Crippen molar-refractivity contribution in [2.75, 3.05) is 18.9 Å². The largest absolute Gasteiger partial charge is 0.480 e. The highest BCUT2D eigenvalue weighted by Gasteiger charge is 2.48. The van der Waals surface area contributed by atoms with E-state index in [1.54, 1.807) is 18.7 Å². The second-order valence-electron chi connectivity index (χ2n) is 9.27. The molecule has 2 aromatic carbocycles. The maximum absolute atomic E-state index is 13.1. The minimum absolute atomic E-state index is 0.0329. The lowest BCUT2D eigenvalue weighted by Crippen LogP contribution is -2.50. The van der Waals surface area contributed by atoms with Gasteiger partial charge >= 0.3 is 12.1 Å². The summed E-state index contributed by atoms with van der Waals surface area (Å²) in [6, 6.07) is 15.5. The van der Waals surface area contributed by atoms with Crippen molar-refractivity contribution >= 4 is 29.7 Å². The highest BCUT2D eigenvalue weighted by molar-refractivity contribution is 8.00. The Labute approximate surface area is 202 Å². The maximum Gasteiger partial charge on any atom is 0.407 e. The molecule has 1 saturated heterocycles. The fraction of sp³-hybridized carbons (Fsp3) is 0.423. The van der Waals surface area contributed by atoms with Gasteiger partial charge in [0.2, 0.25) is 5.91 Å². The highest BCUT2D eigenvalue weighted by atomic mass is 32.2. The zero-order valence-corrected chi connectivity index (χ0v) is 19.8. The fourth-order valence-electron chi connectivity index (χ4n) is 4.97. The van der Waals surface area contributed by atoms with E-state index in [1.165, 1.54) is 4.90 Å². The molecule has 3 atom stereocenters. The SMILES string of the molecule is CC(CNC(=O)OCC1c2ccccc2-c2ccccc21)C(=O)N1C(C(=O)O)CSC1C1CC1. The first-order valence-electron chi connectivity index (χ1n) is 11.7. The number of carbonyl (C=O) groups is 3. The van der Waals surface area contributed by atoms with Crippen molar-refractivity contribution in [3.63, 3.8) is 0 Å². The number of aliphatic carboxylic acids is 1. The van der Waals surface area contributed by atoms with Crippen LogP contribution in [-0.2, 0) is 14.3 Å². The van der Waals surface area contributed by atoms with Crippen LogP contribution in [0.4, 0.5) is 4.79 Å². The van der Waals surface area contributed by atoms with Gasteiger partial charge in [0.05, 0.1) is 11.3 Å². The molecule has 0 radical (unpaired) electrons. The van der Waals surface area contributed by atoms with Crippen molar-refractivity contribution in [2.24, 2.45) is 11.8 Å². The van der Waals surface area contributed by atoms with Gasteiger partial charge in [-0.1, -0.05) is 55.5 Å². The number of carboxylic acid groups (broad SMARTS) is 1. The molecule has 2 N–H and O–H groups in total. The number of nitrogens with one attached hydrogen (secondary N) is 1. The second kappa shape index (κ2) is 9.33. The summed E-state index contributed by atoms with van der Waals surface area (Å²) in [5, 5.41) is 12.2. The zero-order chi connectivity index (χ0) is 23.8. The van der Waals surface area contributed by atoms with E-state index in [0.717, 1.165) is 35.1 Å². The van der Waals surface area contributed by atoms with Crippen molar-refractivity contribution < 1.29 is 24.2 Å². The number of ether oxygens (including phenoxy) is 1. The molecule has 178 valence electrons. The lowest BCUT2D eigenvalue weighted by molar-refractivity contribution is -0.150. The first-order valence-corrected chi connectivity index (χ1v) is 12.8. The summed E-state index contributed by atoms with van der Waals surface area (Å²) < 4.78 is 5.55. The van der Waals surface area contributed by atoms with E-state index in [2.05, 4.69) is 29.6 Å². The van der Waals surface area contributed by atoms with E-state index in [0.29, 0.717) is 11.7 Å². The summed E-state index contributed by atoms with van der Waals surface area (Å²) in [6.45, 7) is 2.02. The normalized spacial score (nSPS) is 22.1. The third-order valence-electron chi connectivity index (χ3n) is 6.92. The predicted molar refractivity (Wildman–Crippen MR) is 129 cm³/mol. The van der Waals surface area contributed by atoms with Crippen LogP contribution < -0.4 is 5.32 Å². The molecule has 2 aromatic rings. The topological polar surface area (TPSA) is 95.9 Å². The number of hydrogen-bond acceptors (Lipinski definition) is 5. The Bertz CT molecular complexity index is 1070. The number of amides is 2. The lowest BCUT2D eigenvalue weighted by atomic mass is 9.98. The van der Waals surface area contributed by atoms with Gasteiger partial charge < -0.3 is 20.1 Å². The van der Waals surface area contributed by atoms with Crippen LogP contribution in [0, 0.1) is 11.8 Å². The first-order chi connectivity index (χ1) is 16.5. The Hall–Kier alpha value is -3.00. The predicted octanol–water partition coefficient (Wildman–Crippen LogP) is 3.93. The second-order valence-corrected chi connectivity index (χ2v) is 10.4. The van der Waals surface area contributed by atoms with Crippen molar-refractivity contribution in [1.29, 1.82) is 0 Å². The van der Waals surface area contributed by atoms with Gasteiger partial charge in [0.15, 0.2) is 0 Å². The molecule has 5 rings (SSSR count). The monoisotopic (exact) mass is 480 g/mol. The first kappa shape index (κ1) is 22.8. The van der Waals surface area contributed by atoms with E-state index in [-0.39, 0.29) is 30.4 Å². The molecule has 1 saturated carbocycles. The van der Waals surface area contributed by atoms with E-state index >= 15 is 0 Å².